The molecule has 7 heteroatoms. The van der Waals surface area contributed by atoms with E-state index >= 15 is 0 Å². The average Bonchev–Trinajstić information content (AvgIpc) is 2.59. The summed E-state index contributed by atoms with van der Waals surface area (Å²) in [6.07, 6.45) is 0.662. The van der Waals surface area contributed by atoms with E-state index in [1.807, 2.05) is 13.8 Å². The maximum Gasteiger partial charge on any atom is 0.390 e. The smallest absolute Gasteiger partial charge is 0.358 e. The lowest BCUT2D eigenvalue weighted by Gasteiger charge is -2.06. The van der Waals surface area contributed by atoms with Gasteiger partial charge in [-0.25, -0.2) is 0 Å². The van der Waals surface area contributed by atoms with Gasteiger partial charge in [0.05, 0.1) is 16.9 Å². The van der Waals surface area contributed by atoms with E-state index in [2.05, 4.69) is 10.4 Å². The van der Waals surface area contributed by atoms with Gasteiger partial charge in [-0.2, -0.15) is 4.68 Å². The highest BCUT2D eigenvalue weighted by Crippen LogP contribution is 2.11. The number of aldehydes is 1. The van der Waals surface area contributed by atoms with Gasteiger partial charge < -0.3 is 20.2 Å². The fourth-order valence-electron chi connectivity index (χ4n) is 1.21. The third-order valence-corrected chi connectivity index (χ3v) is 1.98. The van der Waals surface area contributed by atoms with Crippen LogP contribution in [0.2, 0.25) is 0 Å². The lowest BCUT2D eigenvalue weighted by Crippen LogP contribution is -2.23. The minimum Gasteiger partial charge on any atom is -0.358 e. The predicted molar refractivity (Wildman–Crippen MR) is 56.9 cm³/mol. The fraction of sp³-hybridized carbons (Fsp3) is 0.556. The lowest BCUT2D eigenvalue weighted by atomic mass is 10.3. The molecule has 0 saturated carbocycles. The van der Waals surface area contributed by atoms with Gasteiger partial charge >= 0.3 is 5.82 Å². The van der Waals surface area contributed by atoms with Crippen LogP contribution in [0.5, 0.6) is 0 Å². The molecular formula is C9H14N4O3. The molecule has 0 spiro atoms. The summed E-state index contributed by atoms with van der Waals surface area (Å²) < 4.78 is 1.33. The summed E-state index contributed by atoms with van der Waals surface area (Å²) in [5, 5.41) is 17.4. The van der Waals surface area contributed by atoms with Crippen molar-refractivity contribution in [2.24, 2.45) is 0 Å². The van der Waals surface area contributed by atoms with E-state index in [0.29, 0.717) is 18.5 Å². The number of hydrogen-bond donors (Lipinski definition) is 1. The van der Waals surface area contributed by atoms with Crippen LogP contribution in [0.4, 0.5) is 5.82 Å². The molecule has 88 valence electrons. The van der Waals surface area contributed by atoms with Crippen LogP contribution in [-0.2, 0) is 17.9 Å². The van der Waals surface area contributed by atoms with Crippen molar-refractivity contribution in [2.75, 3.05) is 0 Å². The molecule has 1 rings (SSSR count). The first-order chi connectivity index (χ1) is 7.54. The number of nitro groups is 1. The minimum atomic E-state index is -0.569. The van der Waals surface area contributed by atoms with E-state index < -0.39 is 4.92 Å². The molecule has 0 aliphatic carbocycles. The Morgan fingerprint density at radius 1 is 1.69 bits per heavy atom. The van der Waals surface area contributed by atoms with Crippen LogP contribution >= 0.6 is 0 Å². The second-order valence-electron chi connectivity index (χ2n) is 3.64. The quantitative estimate of drug-likeness (QED) is 0.433. The summed E-state index contributed by atoms with van der Waals surface area (Å²) in [4.78, 5) is 20.4. The number of carbonyl (C=O) groups excluding carboxylic acids is 1. The third-order valence-electron chi connectivity index (χ3n) is 1.98. The normalized spacial score (nSPS) is 10.7. The zero-order chi connectivity index (χ0) is 12.1. The third kappa shape index (κ3) is 3.13. The molecule has 0 aliphatic heterocycles. The van der Waals surface area contributed by atoms with Gasteiger partial charge in [0.1, 0.15) is 12.8 Å². The molecule has 0 saturated heterocycles. The molecule has 0 unspecified atom stereocenters. The first-order valence-electron chi connectivity index (χ1n) is 4.92. The van der Waals surface area contributed by atoms with Crippen molar-refractivity contribution in [3.05, 3.63) is 21.9 Å². The number of aromatic nitrogens is 2. The molecule has 0 aliphatic rings. The summed E-state index contributed by atoms with van der Waals surface area (Å²) >= 11 is 0. The van der Waals surface area contributed by atoms with Crippen molar-refractivity contribution >= 4 is 12.1 Å². The maximum atomic E-state index is 10.5. The van der Waals surface area contributed by atoms with Gasteiger partial charge in [-0.05, 0) is 4.92 Å². The van der Waals surface area contributed by atoms with E-state index in [-0.39, 0.29) is 18.4 Å². The zero-order valence-corrected chi connectivity index (χ0v) is 9.21. The van der Waals surface area contributed by atoms with Crippen LogP contribution in [0.25, 0.3) is 0 Å². The highest BCUT2D eigenvalue weighted by Gasteiger charge is 2.17. The Morgan fingerprint density at radius 3 is 2.88 bits per heavy atom. The number of rotatable bonds is 6. The second-order valence-corrected chi connectivity index (χ2v) is 3.64. The largest absolute Gasteiger partial charge is 0.390 e. The Bertz CT molecular complexity index is 386. The van der Waals surface area contributed by atoms with Crippen molar-refractivity contribution in [1.82, 2.24) is 15.1 Å². The van der Waals surface area contributed by atoms with Crippen molar-refractivity contribution in [3.63, 3.8) is 0 Å². The number of hydrogen-bond acceptors (Lipinski definition) is 5. The molecule has 0 fully saturated rings. The van der Waals surface area contributed by atoms with Gasteiger partial charge in [0, 0.05) is 12.6 Å². The van der Waals surface area contributed by atoms with Crippen LogP contribution in [0, 0.1) is 10.1 Å². The van der Waals surface area contributed by atoms with Crippen LogP contribution in [0.3, 0.4) is 0 Å². The maximum absolute atomic E-state index is 10.5. The SMILES string of the molecule is CC(C)NCc1cc([N+](=O)[O-])nn1CC=O. The van der Waals surface area contributed by atoms with Crippen LogP contribution in [0.1, 0.15) is 19.5 Å². The Hall–Kier alpha value is -1.76. The number of carbonyl (C=O) groups is 1. The summed E-state index contributed by atoms with van der Waals surface area (Å²) in [6.45, 7) is 4.42. The first kappa shape index (κ1) is 12.3. The molecular weight excluding hydrogens is 212 g/mol. The molecule has 0 aromatic carbocycles. The monoisotopic (exact) mass is 226 g/mol. The summed E-state index contributed by atoms with van der Waals surface area (Å²) in [7, 11) is 0. The molecule has 16 heavy (non-hydrogen) atoms. The fourth-order valence-corrected chi connectivity index (χ4v) is 1.21. The van der Waals surface area contributed by atoms with Crippen LogP contribution in [0.15, 0.2) is 6.07 Å². The summed E-state index contributed by atoms with van der Waals surface area (Å²) in [5.41, 5.74) is 0.632. The van der Waals surface area contributed by atoms with Crippen molar-refractivity contribution < 1.29 is 9.72 Å². The van der Waals surface area contributed by atoms with E-state index in [1.165, 1.54) is 10.7 Å². The first-order valence-corrected chi connectivity index (χ1v) is 4.92. The Kier molecular flexibility index (Phi) is 4.12. The predicted octanol–water partition coefficient (Wildman–Crippen LogP) is 0.488. The molecule has 1 aromatic heterocycles. The van der Waals surface area contributed by atoms with Gasteiger partial charge in [-0.1, -0.05) is 13.8 Å². The highest BCUT2D eigenvalue weighted by molar-refractivity contribution is 5.49. The average molecular weight is 226 g/mol. The van der Waals surface area contributed by atoms with Crippen molar-refractivity contribution in [2.45, 2.75) is 33.0 Å². The molecule has 0 bridgehead atoms. The van der Waals surface area contributed by atoms with Gasteiger partial charge in [-0.15, -0.1) is 0 Å². The molecule has 1 heterocycles. The second kappa shape index (κ2) is 5.36. The standard InChI is InChI=1S/C9H14N4O3/c1-7(2)10-6-8-5-9(13(15)16)11-12(8)3-4-14/h4-5,7,10H,3,6H2,1-2H3. The summed E-state index contributed by atoms with van der Waals surface area (Å²) in [6, 6.07) is 1.64. The lowest BCUT2D eigenvalue weighted by molar-refractivity contribution is -0.389. The minimum absolute atomic E-state index is 0.0307. The molecule has 0 atom stereocenters. The van der Waals surface area contributed by atoms with Crippen molar-refractivity contribution in [3.8, 4) is 0 Å². The van der Waals surface area contributed by atoms with Crippen molar-refractivity contribution in [1.29, 1.82) is 0 Å². The molecule has 0 amide bonds. The van der Waals surface area contributed by atoms with Gasteiger partial charge in [0.2, 0.25) is 0 Å². The Labute approximate surface area is 92.6 Å². The topological polar surface area (TPSA) is 90.1 Å². The number of nitrogens with zero attached hydrogens (tertiary/aromatic N) is 3. The summed E-state index contributed by atoms with van der Waals surface area (Å²) in [5.74, 6) is -0.234. The number of nitrogens with one attached hydrogen (secondary N) is 1. The van der Waals surface area contributed by atoms with E-state index in [1.54, 1.807) is 0 Å². The molecule has 1 aromatic rings. The van der Waals surface area contributed by atoms with E-state index in [4.69, 9.17) is 0 Å². The molecule has 1 N–H and O–H groups in total. The van der Waals surface area contributed by atoms with Crippen LogP contribution < -0.4 is 5.32 Å². The Balaban J connectivity index is 2.86. The van der Waals surface area contributed by atoms with Crippen LogP contribution in [-0.4, -0.2) is 27.0 Å². The highest BCUT2D eigenvalue weighted by atomic mass is 16.6. The molecule has 0 radical (unpaired) electrons. The molecule has 7 nitrogen and oxygen atoms in total. The van der Waals surface area contributed by atoms with E-state index in [9.17, 15) is 14.9 Å². The Morgan fingerprint density at radius 2 is 2.38 bits per heavy atom. The zero-order valence-electron chi connectivity index (χ0n) is 9.21. The van der Waals surface area contributed by atoms with Gasteiger partial charge in [0.15, 0.2) is 0 Å². The van der Waals surface area contributed by atoms with E-state index in [0.717, 1.165) is 0 Å². The van der Waals surface area contributed by atoms with Gasteiger partial charge in [0.25, 0.3) is 0 Å². The van der Waals surface area contributed by atoms with Gasteiger partial charge in [-0.3, -0.25) is 0 Å².